The lowest BCUT2D eigenvalue weighted by Crippen LogP contribution is -2.17. The van der Waals surface area contributed by atoms with E-state index in [-0.39, 0.29) is 15.8 Å². The number of halogens is 2. The molecule has 1 saturated carbocycles. The largest absolute Gasteiger partial charge is 0.505 e. The van der Waals surface area contributed by atoms with Gasteiger partial charge in [-0.3, -0.25) is 9.59 Å². The van der Waals surface area contributed by atoms with Crippen molar-refractivity contribution in [3.63, 3.8) is 0 Å². The van der Waals surface area contributed by atoms with Gasteiger partial charge in [0.15, 0.2) is 5.75 Å². The maximum absolute atomic E-state index is 12.1. The zero-order valence-electron chi connectivity index (χ0n) is 10.8. The number of aliphatic carboxylic acids is 1. The number of nitrogens with one attached hydrogen (secondary N) is 1. The lowest BCUT2D eigenvalue weighted by Gasteiger charge is -2.08. The minimum absolute atomic E-state index is 0.0117. The van der Waals surface area contributed by atoms with Gasteiger partial charge in [0.2, 0.25) is 5.91 Å². The Hall–Kier alpha value is -1.46. The van der Waals surface area contributed by atoms with E-state index in [1.165, 1.54) is 12.1 Å². The van der Waals surface area contributed by atoms with Crippen molar-refractivity contribution in [1.82, 2.24) is 0 Å². The van der Waals surface area contributed by atoms with E-state index in [1.807, 2.05) is 0 Å². The molecule has 1 aromatic carbocycles. The fraction of sp³-hybridized carbons (Fsp3) is 0.385. The summed E-state index contributed by atoms with van der Waals surface area (Å²) in [7, 11) is 0. The molecule has 0 bridgehead atoms. The first-order valence-electron chi connectivity index (χ1n) is 5.88. The zero-order chi connectivity index (χ0) is 15.2. The third kappa shape index (κ3) is 2.43. The highest BCUT2D eigenvalue weighted by Gasteiger charge is 2.65. The molecule has 1 aliphatic carbocycles. The molecule has 5 nitrogen and oxygen atoms in total. The molecule has 0 spiro atoms. The third-order valence-electron chi connectivity index (χ3n) is 3.66. The van der Waals surface area contributed by atoms with Crippen LogP contribution in [0.15, 0.2) is 12.1 Å². The van der Waals surface area contributed by atoms with Crippen LogP contribution < -0.4 is 5.32 Å². The smallest absolute Gasteiger partial charge is 0.307 e. The second-order valence-corrected chi connectivity index (χ2v) is 6.21. The van der Waals surface area contributed by atoms with Crippen LogP contribution in [0.2, 0.25) is 10.0 Å². The molecule has 2 atom stereocenters. The number of benzene rings is 1. The van der Waals surface area contributed by atoms with E-state index in [9.17, 15) is 14.7 Å². The number of phenols is 1. The zero-order valence-corrected chi connectivity index (χ0v) is 12.3. The van der Waals surface area contributed by atoms with Crippen LogP contribution in [0, 0.1) is 17.3 Å². The van der Waals surface area contributed by atoms with Crippen LogP contribution in [0.5, 0.6) is 5.75 Å². The van der Waals surface area contributed by atoms with E-state index in [4.69, 9.17) is 28.3 Å². The summed E-state index contributed by atoms with van der Waals surface area (Å²) in [5.41, 5.74) is -0.268. The Labute approximate surface area is 125 Å². The molecule has 2 unspecified atom stereocenters. The van der Waals surface area contributed by atoms with E-state index in [2.05, 4.69) is 5.32 Å². The van der Waals surface area contributed by atoms with E-state index in [0.29, 0.717) is 5.69 Å². The lowest BCUT2D eigenvalue weighted by atomic mass is 10.1. The fourth-order valence-corrected chi connectivity index (χ4v) is 2.93. The highest BCUT2D eigenvalue weighted by molar-refractivity contribution is 6.37. The Bertz CT molecular complexity index is 577. The third-order valence-corrected chi connectivity index (χ3v) is 4.24. The minimum Gasteiger partial charge on any atom is -0.505 e. The average molecular weight is 318 g/mol. The molecule has 2 rings (SSSR count). The number of rotatable bonds is 3. The van der Waals surface area contributed by atoms with Crippen LogP contribution in [0.25, 0.3) is 0 Å². The highest BCUT2D eigenvalue weighted by atomic mass is 35.5. The number of hydrogen-bond donors (Lipinski definition) is 3. The van der Waals surface area contributed by atoms with Crippen LogP contribution in [0.1, 0.15) is 13.8 Å². The molecule has 0 aliphatic heterocycles. The molecule has 108 valence electrons. The molecule has 0 heterocycles. The van der Waals surface area contributed by atoms with Gasteiger partial charge in [-0.1, -0.05) is 37.0 Å². The van der Waals surface area contributed by atoms with Crippen molar-refractivity contribution >= 4 is 40.8 Å². The van der Waals surface area contributed by atoms with Gasteiger partial charge in [-0.25, -0.2) is 0 Å². The van der Waals surface area contributed by atoms with Gasteiger partial charge in [0.05, 0.1) is 21.9 Å². The second-order valence-electron chi connectivity index (χ2n) is 5.39. The van der Waals surface area contributed by atoms with Crippen LogP contribution in [0.3, 0.4) is 0 Å². The van der Waals surface area contributed by atoms with E-state index < -0.39 is 29.1 Å². The maximum atomic E-state index is 12.1. The summed E-state index contributed by atoms with van der Waals surface area (Å²) >= 11 is 11.5. The van der Waals surface area contributed by atoms with Gasteiger partial charge in [0, 0.05) is 5.69 Å². The number of carbonyl (C=O) groups is 2. The second kappa shape index (κ2) is 4.82. The van der Waals surface area contributed by atoms with E-state index in [1.54, 1.807) is 13.8 Å². The number of carboxylic acid groups (broad SMARTS) is 1. The summed E-state index contributed by atoms with van der Waals surface area (Å²) in [5, 5.41) is 21.1. The molecule has 1 amide bonds. The van der Waals surface area contributed by atoms with Crippen molar-refractivity contribution in [2.45, 2.75) is 13.8 Å². The van der Waals surface area contributed by atoms with Crippen molar-refractivity contribution < 1.29 is 19.8 Å². The number of amides is 1. The van der Waals surface area contributed by atoms with Gasteiger partial charge in [0.1, 0.15) is 0 Å². The van der Waals surface area contributed by atoms with Crippen LogP contribution in [0.4, 0.5) is 5.69 Å². The first kappa shape index (κ1) is 14.9. The molecule has 0 saturated heterocycles. The molecular weight excluding hydrogens is 305 g/mol. The molecular formula is C13H13Cl2NO4. The lowest BCUT2D eigenvalue weighted by molar-refractivity contribution is -0.140. The maximum Gasteiger partial charge on any atom is 0.307 e. The monoisotopic (exact) mass is 317 g/mol. The normalized spacial score (nSPS) is 23.2. The SMILES string of the molecule is CC1(C)C(C(=O)O)C1C(=O)Nc1cc(Cl)c(O)c(Cl)c1. The van der Waals surface area contributed by atoms with Crippen LogP contribution in [-0.4, -0.2) is 22.1 Å². The fourth-order valence-electron chi connectivity index (χ4n) is 2.45. The summed E-state index contributed by atoms with van der Waals surface area (Å²) in [4.78, 5) is 23.1. The number of hydrogen-bond acceptors (Lipinski definition) is 3. The summed E-state index contributed by atoms with van der Waals surface area (Å²) in [5.74, 6) is -2.96. The molecule has 0 aromatic heterocycles. The van der Waals surface area contributed by atoms with Crippen molar-refractivity contribution in [1.29, 1.82) is 0 Å². The number of carbonyl (C=O) groups excluding carboxylic acids is 1. The van der Waals surface area contributed by atoms with Crippen molar-refractivity contribution in [2.75, 3.05) is 5.32 Å². The molecule has 1 aromatic rings. The van der Waals surface area contributed by atoms with Gasteiger partial charge in [0.25, 0.3) is 0 Å². The highest BCUT2D eigenvalue weighted by Crippen LogP contribution is 2.58. The minimum atomic E-state index is -0.989. The van der Waals surface area contributed by atoms with Crippen molar-refractivity contribution in [2.24, 2.45) is 17.3 Å². The molecule has 20 heavy (non-hydrogen) atoms. The number of aromatic hydroxyl groups is 1. The first-order chi connectivity index (χ1) is 9.16. The van der Waals surface area contributed by atoms with Gasteiger partial charge in [-0.05, 0) is 17.5 Å². The summed E-state index contributed by atoms with van der Waals surface area (Å²) in [6.45, 7) is 3.46. The molecule has 7 heteroatoms. The predicted octanol–water partition coefficient (Wildman–Crippen LogP) is 2.99. The van der Waals surface area contributed by atoms with Gasteiger partial charge in [-0.15, -0.1) is 0 Å². The van der Waals surface area contributed by atoms with E-state index >= 15 is 0 Å². The predicted molar refractivity (Wildman–Crippen MR) is 75.2 cm³/mol. The molecule has 1 fully saturated rings. The molecule has 0 radical (unpaired) electrons. The number of carboxylic acids is 1. The Kier molecular flexibility index (Phi) is 3.60. The average Bonchev–Trinajstić information content (AvgIpc) is 2.89. The summed E-state index contributed by atoms with van der Waals surface area (Å²) in [6.07, 6.45) is 0. The first-order valence-corrected chi connectivity index (χ1v) is 6.63. The van der Waals surface area contributed by atoms with E-state index in [0.717, 1.165) is 0 Å². The van der Waals surface area contributed by atoms with Crippen LogP contribution >= 0.6 is 23.2 Å². The Balaban J connectivity index is 2.16. The van der Waals surface area contributed by atoms with Crippen molar-refractivity contribution in [3.8, 4) is 5.75 Å². The number of phenolic OH excluding ortho intramolecular Hbond substituents is 1. The van der Waals surface area contributed by atoms with Gasteiger partial charge in [-0.2, -0.15) is 0 Å². The van der Waals surface area contributed by atoms with Gasteiger partial charge < -0.3 is 15.5 Å². The topological polar surface area (TPSA) is 86.6 Å². The number of anilines is 1. The van der Waals surface area contributed by atoms with Crippen molar-refractivity contribution in [3.05, 3.63) is 22.2 Å². The standard InChI is InChI=1S/C13H13Cl2NO4/c1-13(2)8(9(13)12(19)20)11(18)16-5-3-6(14)10(17)7(15)4-5/h3-4,8-9,17H,1-2H3,(H,16,18)(H,19,20). The van der Waals surface area contributed by atoms with Crippen LogP contribution in [-0.2, 0) is 9.59 Å². The summed E-state index contributed by atoms with van der Waals surface area (Å²) in [6, 6.07) is 2.71. The Morgan fingerprint density at radius 1 is 1.20 bits per heavy atom. The Morgan fingerprint density at radius 3 is 2.10 bits per heavy atom. The summed E-state index contributed by atoms with van der Waals surface area (Å²) < 4.78 is 0. The molecule has 3 N–H and O–H groups in total. The quantitative estimate of drug-likeness (QED) is 0.748. The Morgan fingerprint density at radius 2 is 1.70 bits per heavy atom. The molecule has 1 aliphatic rings. The van der Waals surface area contributed by atoms with Gasteiger partial charge >= 0.3 is 5.97 Å².